The number of ether oxygens (including phenoxy) is 2. The maximum atomic E-state index is 9.75. The largest absolute Gasteiger partial charge is 0.508 e. The third-order valence-electron chi connectivity index (χ3n) is 3.24. The molecule has 0 radical (unpaired) electrons. The third-order valence-corrected chi connectivity index (χ3v) is 3.24. The van der Waals surface area contributed by atoms with Crippen molar-refractivity contribution in [3.8, 4) is 23.0 Å². The Balaban J connectivity index is 1.92. The molecule has 2 aromatic carbocycles. The second-order valence-corrected chi connectivity index (χ2v) is 4.55. The van der Waals surface area contributed by atoms with Crippen LogP contribution in [0.4, 0.5) is 0 Å². The first kappa shape index (κ1) is 12.4. The molecule has 4 heteroatoms. The van der Waals surface area contributed by atoms with Crippen LogP contribution in [0, 0.1) is 0 Å². The number of benzene rings is 2. The zero-order chi connectivity index (χ0) is 14.1. The van der Waals surface area contributed by atoms with Crippen molar-refractivity contribution >= 4 is 6.08 Å². The lowest BCUT2D eigenvalue weighted by Gasteiger charge is -2.22. The number of methoxy groups -OCH3 is 1. The smallest absolute Gasteiger partial charge is 0.142 e. The molecule has 102 valence electrons. The summed E-state index contributed by atoms with van der Waals surface area (Å²) in [7, 11) is 1.62. The van der Waals surface area contributed by atoms with E-state index in [1.807, 2.05) is 30.3 Å². The van der Waals surface area contributed by atoms with Crippen molar-refractivity contribution in [2.45, 2.75) is 6.10 Å². The molecule has 0 amide bonds. The highest BCUT2D eigenvalue weighted by Crippen LogP contribution is 2.40. The SMILES string of the molecule is COc1ccc([C@@H]2C=Cc3c(O)cc(O)cc3O2)cc1. The van der Waals surface area contributed by atoms with Crippen LogP contribution < -0.4 is 9.47 Å². The molecule has 0 aromatic heterocycles. The first-order valence-corrected chi connectivity index (χ1v) is 6.22. The van der Waals surface area contributed by atoms with Crippen molar-refractivity contribution in [2.24, 2.45) is 0 Å². The van der Waals surface area contributed by atoms with Crippen molar-refractivity contribution in [1.29, 1.82) is 0 Å². The minimum atomic E-state index is -0.255. The van der Waals surface area contributed by atoms with Gasteiger partial charge < -0.3 is 19.7 Å². The molecule has 0 unspecified atom stereocenters. The third kappa shape index (κ3) is 2.16. The van der Waals surface area contributed by atoms with Crippen molar-refractivity contribution < 1.29 is 19.7 Å². The van der Waals surface area contributed by atoms with Crippen LogP contribution in [0.5, 0.6) is 23.0 Å². The van der Waals surface area contributed by atoms with E-state index < -0.39 is 0 Å². The molecular formula is C16H14O4. The normalized spacial score (nSPS) is 16.4. The van der Waals surface area contributed by atoms with Gasteiger partial charge >= 0.3 is 0 Å². The van der Waals surface area contributed by atoms with Crippen LogP contribution in [0.1, 0.15) is 17.2 Å². The quantitative estimate of drug-likeness (QED) is 0.879. The van der Waals surface area contributed by atoms with E-state index in [9.17, 15) is 10.2 Å². The molecule has 0 fully saturated rings. The highest BCUT2D eigenvalue weighted by atomic mass is 16.5. The minimum Gasteiger partial charge on any atom is -0.508 e. The van der Waals surface area contributed by atoms with E-state index in [1.54, 1.807) is 13.2 Å². The summed E-state index contributed by atoms with van der Waals surface area (Å²) in [4.78, 5) is 0. The predicted octanol–water partition coefficient (Wildman–Crippen LogP) is 3.25. The van der Waals surface area contributed by atoms with Crippen LogP contribution in [0.25, 0.3) is 6.08 Å². The van der Waals surface area contributed by atoms with Crippen molar-refractivity contribution in [2.75, 3.05) is 7.11 Å². The minimum absolute atomic E-state index is 0.00410. The molecule has 3 rings (SSSR count). The standard InChI is InChI=1S/C16H14O4/c1-19-12-4-2-10(3-5-12)15-7-6-13-14(18)8-11(17)9-16(13)20-15/h2-9,15,17-18H,1H3/t15-/m0/s1. The number of hydrogen-bond acceptors (Lipinski definition) is 4. The molecule has 2 aromatic rings. The van der Waals surface area contributed by atoms with Crippen LogP contribution in [0.3, 0.4) is 0 Å². The van der Waals surface area contributed by atoms with E-state index in [1.165, 1.54) is 12.1 Å². The van der Waals surface area contributed by atoms with Crippen LogP contribution in [-0.4, -0.2) is 17.3 Å². The van der Waals surface area contributed by atoms with Crippen LogP contribution >= 0.6 is 0 Å². The zero-order valence-corrected chi connectivity index (χ0v) is 10.9. The molecule has 1 aliphatic heterocycles. The molecule has 4 nitrogen and oxygen atoms in total. The number of phenols is 2. The monoisotopic (exact) mass is 270 g/mol. The molecule has 1 aliphatic rings. The van der Waals surface area contributed by atoms with Gasteiger partial charge in [0.15, 0.2) is 0 Å². The molecule has 0 saturated carbocycles. The molecular weight excluding hydrogens is 256 g/mol. The van der Waals surface area contributed by atoms with E-state index in [-0.39, 0.29) is 17.6 Å². The Morgan fingerprint density at radius 3 is 2.55 bits per heavy atom. The molecule has 0 spiro atoms. The van der Waals surface area contributed by atoms with Crippen LogP contribution in [0.2, 0.25) is 0 Å². The Kier molecular flexibility index (Phi) is 2.99. The van der Waals surface area contributed by atoms with Gasteiger partial charge in [0, 0.05) is 12.1 Å². The molecule has 0 saturated heterocycles. The van der Waals surface area contributed by atoms with E-state index in [0.717, 1.165) is 11.3 Å². The number of aromatic hydroxyl groups is 2. The van der Waals surface area contributed by atoms with Crippen LogP contribution in [-0.2, 0) is 0 Å². The molecule has 20 heavy (non-hydrogen) atoms. The fourth-order valence-electron chi connectivity index (χ4n) is 2.20. The van der Waals surface area contributed by atoms with E-state index in [4.69, 9.17) is 9.47 Å². The van der Waals surface area contributed by atoms with Gasteiger partial charge in [-0.3, -0.25) is 0 Å². The average Bonchev–Trinajstić information content (AvgIpc) is 2.46. The fourth-order valence-corrected chi connectivity index (χ4v) is 2.20. The van der Waals surface area contributed by atoms with Gasteiger partial charge in [-0.05, 0) is 29.8 Å². The van der Waals surface area contributed by atoms with Gasteiger partial charge in [0.25, 0.3) is 0 Å². The highest BCUT2D eigenvalue weighted by Gasteiger charge is 2.19. The van der Waals surface area contributed by atoms with Crippen molar-refractivity contribution in [1.82, 2.24) is 0 Å². The fraction of sp³-hybridized carbons (Fsp3) is 0.125. The lowest BCUT2D eigenvalue weighted by atomic mass is 10.0. The average molecular weight is 270 g/mol. The first-order chi connectivity index (χ1) is 9.67. The summed E-state index contributed by atoms with van der Waals surface area (Å²) in [6.07, 6.45) is 3.40. The topological polar surface area (TPSA) is 58.9 Å². The molecule has 1 atom stereocenters. The van der Waals surface area contributed by atoms with E-state index in [2.05, 4.69) is 0 Å². The lowest BCUT2D eigenvalue weighted by molar-refractivity contribution is 0.249. The second kappa shape index (κ2) is 4.81. The van der Waals surface area contributed by atoms with E-state index in [0.29, 0.717) is 11.3 Å². The maximum absolute atomic E-state index is 9.75. The van der Waals surface area contributed by atoms with E-state index >= 15 is 0 Å². The predicted molar refractivity (Wildman–Crippen MR) is 75.2 cm³/mol. The summed E-state index contributed by atoms with van der Waals surface area (Å²) in [5.74, 6) is 1.23. The number of fused-ring (bicyclic) bond motifs is 1. The summed E-state index contributed by atoms with van der Waals surface area (Å²) in [5.41, 5.74) is 1.54. The van der Waals surface area contributed by atoms with Crippen LogP contribution in [0.15, 0.2) is 42.5 Å². The Bertz CT molecular complexity index is 659. The van der Waals surface area contributed by atoms with Gasteiger partial charge in [0.1, 0.15) is 29.1 Å². The summed E-state index contributed by atoms with van der Waals surface area (Å²) in [6, 6.07) is 10.3. The summed E-state index contributed by atoms with van der Waals surface area (Å²) in [5, 5.41) is 19.3. The van der Waals surface area contributed by atoms with Gasteiger partial charge in [-0.15, -0.1) is 0 Å². The van der Waals surface area contributed by atoms with Crippen molar-refractivity contribution in [3.05, 3.63) is 53.6 Å². The summed E-state index contributed by atoms with van der Waals surface area (Å²) < 4.78 is 10.9. The number of rotatable bonds is 2. The van der Waals surface area contributed by atoms with Gasteiger partial charge in [0.2, 0.25) is 0 Å². The number of phenolic OH excluding ortho intramolecular Hbond substituents is 2. The molecule has 0 aliphatic carbocycles. The zero-order valence-electron chi connectivity index (χ0n) is 10.9. The van der Waals surface area contributed by atoms with Crippen molar-refractivity contribution in [3.63, 3.8) is 0 Å². The first-order valence-electron chi connectivity index (χ1n) is 6.22. The van der Waals surface area contributed by atoms with Gasteiger partial charge in [-0.25, -0.2) is 0 Å². The molecule has 0 bridgehead atoms. The second-order valence-electron chi connectivity index (χ2n) is 4.55. The lowest BCUT2D eigenvalue weighted by Crippen LogP contribution is -2.08. The Morgan fingerprint density at radius 1 is 1.10 bits per heavy atom. The van der Waals surface area contributed by atoms with Gasteiger partial charge in [-0.2, -0.15) is 0 Å². The highest BCUT2D eigenvalue weighted by molar-refractivity contribution is 5.68. The van der Waals surface area contributed by atoms with Gasteiger partial charge in [-0.1, -0.05) is 12.1 Å². The molecule has 1 heterocycles. The Hall–Kier alpha value is -2.62. The Labute approximate surface area is 116 Å². The summed E-state index contributed by atoms with van der Waals surface area (Å²) in [6.45, 7) is 0. The number of hydrogen-bond donors (Lipinski definition) is 2. The Morgan fingerprint density at radius 2 is 1.85 bits per heavy atom. The molecule has 2 N–H and O–H groups in total. The summed E-state index contributed by atoms with van der Waals surface area (Å²) >= 11 is 0. The van der Waals surface area contributed by atoms with Gasteiger partial charge in [0.05, 0.1) is 12.7 Å². The maximum Gasteiger partial charge on any atom is 0.142 e.